The summed E-state index contributed by atoms with van der Waals surface area (Å²) in [4.78, 5) is 24.4. The Bertz CT molecular complexity index is 1230. The summed E-state index contributed by atoms with van der Waals surface area (Å²) in [5, 5.41) is 3.11. The maximum absolute atomic E-state index is 13.7. The monoisotopic (exact) mass is 435 g/mol. The molecule has 3 aromatic rings. The SMILES string of the molecule is C#Cc1ccc(C(=O)OC)c(CNc2cc(-c3ccc(F)c(F)c3)ccc2C(=O)OC)c1. The molecule has 7 heteroatoms. The molecule has 0 spiro atoms. The van der Waals surface area contributed by atoms with Crippen LogP contribution in [-0.4, -0.2) is 26.2 Å². The fraction of sp³-hybridized carbons (Fsp3) is 0.120. The summed E-state index contributed by atoms with van der Waals surface area (Å²) in [6.45, 7) is 0.130. The molecular formula is C25H19F2NO4. The van der Waals surface area contributed by atoms with Crippen LogP contribution in [0, 0.1) is 24.0 Å². The van der Waals surface area contributed by atoms with Crippen molar-refractivity contribution in [2.24, 2.45) is 0 Å². The smallest absolute Gasteiger partial charge is 0.339 e. The highest BCUT2D eigenvalue weighted by atomic mass is 19.2. The molecule has 3 rings (SSSR count). The van der Waals surface area contributed by atoms with Gasteiger partial charge in [0.1, 0.15) is 0 Å². The number of halogens is 2. The molecule has 0 saturated heterocycles. The van der Waals surface area contributed by atoms with E-state index >= 15 is 0 Å². The van der Waals surface area contributed by atoms with Crippen LogP contribution in [0.5, 0.6) is 0 Å². The van der Waals surface area contributed by atoms with E-state index in [1.54, 1.807) is 30.3 Å². The summed E-state index contributed by atoms with van der Waals surface area (Å²) in [6, 6.07) is 13.1. The number of anilines is 1. The van der Waals surface area contributed by atoms with Crippen molar-refractivity contribution in [1.82, 2.24) is 0 Å². The number of benzene rings is 3. The van der Waals surface area contributed by atoms with Gasteiger partial charge in [0, 0.05) is 17.8 Å². The molecule has 0 bridgehead atoms. The van der Waals surface area contributed by atoms with Gasteiger partial charge in [-0.25, -0.2) is 18.4 Å². The predicted octanol–water partition coefficient (Wildman–Crippen LogP) is 4.80. The maximum Gasteiger partial charge on any atom is 0.339 e. The molecular weight excluding hydrogens is 416 g/mol. The molecule has 0 saturated carbocycles. The zero-order chi connectivity index (χ0) is 23.3. The van der Waals surface area contributed by atoms with Crippen molar-refractivity contribution >= 4 is 17.6 Å². The number of methoxy groups -OCH3 is 2. The summed E-state index contributed by atoms with van der Waals surface area (Å²) >= 11 is 0. The van der Waals surface area contributed by atoms with Gasteiger partial charge in [0.15, 0.2) is 11.6 Å². The van der Waals surface area contributed by atoms with Crippen LogP contribution in [0.3, 0.4) is 0 Å². The van der Waals surface area contributed by atoms with Gasteiger partial charge in [0.05, 0.1) is 25.3 Å². The third-order valence-electron chi connectivity index (χ3n) is 4.82. The van der Waals surface area contributed by atoms with Crippen molar-refractivity contribution in [3.8, 4) is 23.5 Å². The van der Waals surface area contributed by atoms with Crippen LogP contribution in [0.2, 0.25) is 0 Å². The molecule has 0 atom stereocenters. The van der Waals surface area contributed by atoms with E-state index in [0.29, 0.717) is 33.5 Å². The number of rotatable bonds is 6. The molecule has 3 aromatic carbocycles. The lowest BCUT2D eigenvalue weighted by Crippen LogP contribution is -2.12. The Kier molecular flexibility index (Phi) is 6.86. The average molecular weight is 435 g/mol. The summed E-state index contributed by atoms with van der Waals surface area (Å²) < 4.78 is 36.7. The number of hydrogen-bond donors (Lipinski definition) is 1. The first-order valence-electron chi connectivity index (χ1n) is 9.47. The average Bonchev–Trinajstić information content (AvgIpc) is 2.83. The Labute approximate surface area is 184 Å². The van der Waals surface area contributed by atoms with Gasteiger partial charge in [0.2, 0.25) is 0 Å². The van der Waals surface area contributed by atoms with Crippen LogP contribution in [-0.2, 0) is 16.0 Å². The minimum absolute atomic E-state index is 0.130. The Hall–Kier alpha value is -4.18. The molecule has 0 aliphatic heterocycles. The highest BCUT2D eigenvalue weighted by Gasteiger charge is 2.16. The van der Waals surface area contributed by atoms with Crippen LogP contribution in [0.4, 0.5) is 14.5 Å². The second-order valence-corrected chi connectivity index (χ2v) is 6.74. The lowest BCUT2D eigenvalue weighted by molar-refractivity contribution is 0.0591. The number of hydrogen-bond acceptors (Lipinski definition) is 5. The lowest BCUT2D eigenvalue weighted by atomic mass is 10.0. The van der Waals surface area contributed by atoms with E-state index in [9.17, 15) is 18.4 Å². The van der Waals surface area contributed by atoms with E-state index in [1.807, 2.05) is 0 Å². The van der Waals surface area contributed by atoms with Gasteiger partial charge in [-0.3, -0.25) is 0 Å². The van der Waals surface area contributed by atoms with Gasteiger partial charge in [-0.1, -0.05) is 18.1 Å². The topological polar surface area (TPSA) is 64.6 Å². The van der Waals surface area contributed by atoms with Crippen molar-refractivity contribution in [1.29, 1.82) is 0 Å². The minimum Gasteiger partial charge on any atom is -0.465 e. The van der Waals surface area contributed by atoms with E-state index in [-0.39, 0.29) is 12.1 Å². The van der Waals surface area contributed by atoms with Crippen LogP contribution in [0.25, 0.3) is 11.1 Å². The highest BCUT2D eigenvalue weighted by molar-refractivity contribution is 5.97. The number of nitrogens with one attached hydrogen (secondary N) is 1. The Morgan fingerprint density at radius 2 is 1.50 bits per heavy atom. The molecule has 0 amide bonds. The Morgan fingerprint density at radius 1 is 0.875 bits per heavy atom. The lowest BCUT2D eigenvalue weighted by Gasteiger charge is -2.15. The predicted molar refractivity (Wildman–Crippen MR) is 116 cm³/mol. The molecule has 5 nitrogen and oxygen atoms in total. The quantitative estimate of drug-likeness (QED) is 0.445. The van der Waals surface area contributed by atoms with Crippen LogP contribution >= 0.6 is 0 Å². The number of ether oxygens (including phenoxy) is 2. The number of carbonyl (C=O) groups is 2. The summed E-state index contributed by atoms with van der Waals surface area (Å²) in [5.41, 5.74) is 3.01. The fourth-order valence-electron chi connectivity index (χ4n) is 3.16. The van der Waals surface area contributed by atoms with E-state index in [1.165, 1.54) is 26.4 Å². The molecule has 0 radical (unpaired) electrons. The molecule has 0 aliphatic carbocycles. The standard InChI is InChI=1S/C25H19F2NO4/c1-4-15-5-8-19(24(29)31-2)18(11-15)14-28-23-13-17(6-9-20(23)25(30)32-3)16-7-10-21(26)22(27)12-16/h1,5-13,28H,14H2,2-3H3. The van der Waals surface area contributed by atoms with Crippen molar-refractivity contribution in [2.45, 2.75) is 6.54 Å². The summed E-state index contributed by atoms with van der Waals surface area (Å²) in [6.07, 6.45) is 5.47. The van der Waals surface area contributed by atoms with Crippen LogP contribution < -0.4 is 5.32 Å². The van der Waals surface area contributed by atoms with Crippen molar-refractivity contribution in [3.63, 3.8) is 0 Å². The number of esters is 2. The highest BCUT2D eigenvalue weighted by Crippen LogP contribution is 2.28. The first-order chi connectivity index (χ1) is 15.4. The van der Waals surface area contributed by atoms with Crippen molar-refractivity contribution in [3.05, 3.63) is 88.5 Å². The zero-order valence-electron chi connectivity index (χ0n) is 17.4. The Morgan fingerprint density at radius 3 is 2.16 bits per heavy atom. The fourth-order valence-corrected chi connectivity index (χ4v) is 3.16. The van der Waals surface area contributed by atoms with E-state index < -0.39 is 23.6 Å². The molecule has 0 heterocycles. The van der Waals surface area contributed by atoms with Crippen LogP contribution in [0.15, 0.2) is 54.6 Å². The number of terminal acetylenes is 1. The third-order valence-corrected chi connectivity index (χ3v) is 4.82. The molecule has 162 valence electrons. The van der Waals surface area contributed by atoms with Gasteiger partial charge in [-0.15, -0.1) is 6.42 Å². The van der Waals surface area contributed by atoms with E-state index in [0.717, 1.165) is 12.1 Å². The molecule has 0 unspecified atom stereocenters. The second kappa shape index (κ2) is 9.75. The van der Waals surface area contributed by atoms with Crippen molar-refractivity contribution in [2.75, 3.05) is 19.5 Å². The normalized spacial score (nSPS) is 10.2. The third kappa shape index (κ3) is 4.76. The van der Waals surface area contributed by atoms with E-state index in [4.69, 9.17) is 15.9 Å². The second-order valence-electron chi connectivity index (χ2n) is 6.74. The molecule has 32 heavy (non-hydrogen) atoms. The minimum atomic E-state index is -0.983. The van der Waals surface area contributed by atoms with E-state index in [2.05, 4.69) is 11.2 Å². The summed E-state index contributed by atoms with van der Waals surface area (Å²) in [7, 11) is 2.52. The first kappa shape index (κ1) is 22.5. The summed E-state index contributed by atoms with van der Waals surface area (Å²) in [5.74, 6) is -0.552. The molecule has 1 N–H and O–H groups in total. The van der Waals surface area contributed by atoms with Gasteiger partial charge in [0.25, 0.3) is 0 Å². The molecule has 0 fully saturated rings. The maximum atomic E-state index is 13.7. The first-order valence-corrected chi connectivity index (χ1v) is 9.47. The van der Waals surface area contributed by atoms with Gasteiger partial charge >= 0.3 is 11.9 Å². The number of carbonyl (C=O) groups excluding carboxylic acids is 2. The van der Waals surface area contributed by atoms with Gasteiger partial charge in [-0.2, -0.15) is 0 Å². The largest absolute Gasteiger partial charge is 0.465 e. The van der Waals surface area contributed by atoms with Crippen molar-refractivity contribution < 1.29 is 27.8 Å². The molecule has 0 aromatic heterocycles. The molecule has 0 aliphatic rings. The van der Waals surface area contributed by atoms with Gasteiger partial charge < -0.3 is 14.8 Å². The van der Waals surface area contributed by atoms with Crippen LogP contribution in [0.1, 0.15) is 31.8 Å². The van der Waals surface area contributed by atoms with Gasteiger partial charge in [-0.05, 0) is 59.2 Å². The zero-order valence-corrected chi connectivity index (χ0v) is 17.4. The Balaban J connectivity index is 2.01.